The molecule has 1 atom stereocenters. The molecule has 0 aromatic heterocycles. The molecule has 4 N–H and O–H groups in total. The van der Waals surface area contributed by atoms with E-state index >= 15 is 0 Å². The Morgan fingerprint density at radius 2 is 2.00 bits per heavy atom. The van der Waals surface area contributed by atoms with Gasteiger partial charge in [0.2, 0.25) is 0 Å². The Hall–Kier alpha value is -0.500. The fraction of sp³-hybridized carbons (Fsp3) is 0.818. The van der Waals surface area contributed by atoms with Gasteiger partial charge in [0.05, 0.1) is 0 Å². The summed E-state index contributed by atoms with van der Waals surface area (Å²) in [6, 6.07) is 0.402. The van der Waals surface area contributed by atoms with Gasteiger partial charge in [-0.1, -0.05) is 25.8 Å². The first-order chi connectivity index (χ1) is 6.20. The molecule has 78 valence electrons. The summed E-state index contributed by atoms with van der Waals surface area (Å²) in [6.07, 6.45) is 8.97. The largest absolute Gasteiger partial charge is 0.402 e. The number of hydrogen-bond acceptors (Lipinski definition) is 2. The molecule has 0 spiro atoms. The van der Waals surface area contributed by atoms with Crippen molar-refractivity contribution in [3.8, 4) is 0 Å². The van der Waals surface area contributed by atoms with Gasteiger partial charge in [0.1, 0.15) is 0 Å². The maximum atomic E-state index is 5.81. The molecule has 0 aliphatic rings. The van der Waals surface area contributed by atoms with E-state index in [-0.39, 0.29) is 0 Å². The topological polar surface area (TPSA) is 52.0 Å². The molecule has 0 aliphatic heterocycles. The minimum atomic E-state index is 0.402. The Morgan fingerprint density at radius 1 is 1.31 bits per heavy atom. The molecule has 0 aromatic rings. The van der Waals surface area contributed by atoms with Crippen molar-refractivity contribution in [2.75, 3.05) is 0 Å². The monoisotopic (exact) mass is 184 g/mol. The Morgan fingerprint density at radius 3 is 2.54 bits per heavy atom. The van der Waals surface area contributed by atoms with E-state index in [4.69, 9.17) is 11.5 Å². The van der Waals surface area contributed by atoms with Gasteiger partial charge in [-0.15, -0.1) is 0 Å². The van der Waals surface area contributed by atoms with Crippen LogP contribution < -0.4 is 11.5 Å². The standard InChI is InChI=1S/C11H24N2/c1-3-10(12)8-6-5-7-9-11(13)4-2/h3,11H,4-9,12-13H2,1-2H3/b10-3+. The second-order valence-electron chi connectivity index (χ2n) is 3.63. The second kappa shape index (κ2) is 8.11. The van der Waals surface area contributed by atoms with E-state index < -0.39 is 0 Å². The zero-order valence-electron chi connectivity index (χ0n) is 9.05. The van der Waals surface area contributed by atoms with E-state index in [2.05, 4.69) is 6.92 Å². The summed E-state index contributed by atoms with van der Waals surface area (Å²) >= 11 is 0. The van der Waals surface area contributed by atoms with E-state index in [0.717, 1.165) is 25.0 Å². The van der Waals surface area contributed by atoms with E-state index in [1.165, 1.54) is 19.3 Å². The van der Waals surface area contributed by atoms with Crippen molar-refractivity contribution in [3.63, 3.8) is 0 Å². The molecule has 13 heavy (non-hydrogen) atoms. The van der Waals surface area contributed by atoms with Crippen LogP contribution in [-0.2, 0) is 0 Å². The summed E-state index contributed by atoms with van der Waals surface area (Å²) in [5.74, 6) is 0. The first kappa shape index (κ1) is 12.5. The fourth-order valence-corrected chi connectivity index (χ4v) is 1.26. The quantitative estimate of drug-likeness (QED) is 0.597. The zero-order chi connectivity index (χ0) is 10.1. The lowest BCUT2D eigenvalue weighted by atomic mass is 10.1. The molecule has 0 heterocycles. The Labute approximate surface area is 82.4 Å². The summed E-state index contributed by atoms with van der Waals surface area (Å²) in [4.78, 5) is 0. The Balaban J connectivity index is 3.17. The van der Waals surface area contributed by atoms with Crippen LogP contribution in [0.3, 0.4) is 0 Å². The zero-order valence-corrected chi connectivity index (χ0v) is 9.05. The van der Waals surface area contributed by atoms with Crippen LogP contribution in [-0.4, -0.2) is 6.04 Å². The third-order valence-corrected chi connectivity index (χ3v) is 2.44. The molecule has 0 saturated carbocycles. The lowest BCUT2D eigenvalue weighted by Crippen LogP contribution is -2.17. The predicted octanol–water partition coefficient (Wildman–Crippen LogP) is 2.54. The van der Waals surface area contributed by atoms with Crippen molar-refractivity contribution in [3.05, 3.63) is 11.8 Å². The van der Waals surface area contributed by atoms with E-state index in [0.29, 0.717) is 6.04 Å². The van der Waals surface area contributed by atoms with Crippen molar-refractivity contribution < 1.29 is 0 Å². The van der Waals surface area contributed by atoms with Gasteiger partial charge in [-0.25, -0.2) is 0 Å². The summed E-state index contributed by atoms with van der Waals surface area (Å²) in [5, 5.41) is 0. The van der Waals surface area contributed by atoms with Crippen molar-refractivity contribution in [2.45, 2.75) is 58.4 Å². The van der Waals surface area contributed by atoms with Gasteiger partial charge in [-0.05, 0) is 32.6 Å². The molecule has 0 aromatic carbocycles. The van der Waals surface area contributed by atoms with Gasteiger partial charge in [0, 0.05) is 11.7 Å². The molecule has 0 aliphatic carbocycles. The molecule has 0 fully saturated rings. The molecular formula is C11H24N2. The number of nitrogens with two attached hydrogens (primary N) is 2. The number of allylic oxidation sites excluding steroid dienone is 2. The Kier molecular flexibility index (Phi) is 7.80. The van der Waals surface area contributed by atoms with Crippen LogP contribution in [0.5, 0.6) is 0 Å². The lowest BCUT2D eigenvalue weighted by Gasteiger charge is -2.07. The molecular weight excluding hydrogens is 160 g/mol. The first-order valence-electron chi connectivity index (χ1n) is 5.37. The molecule has 0 rings (SSSR count). The van der Waals surface area contributed by atoms with Gasteiger partial charge in [-0.3, -0.25) is 0 Å². The lowest BCUT2D eigenvalue weighted by molar-refractivity contribution is 0.539. The minimum Gasteiger partial charge on any atom is -0.402 e. The fourth-order valence-electron chi connectivity index (χ4n) is 1.26. The molecule has 0 radical (unpaired) electrons. The number of hydrogen-bond donors (Lipinski definition) is 2. The predicted molar refractivity (Wildman–Crippen MR) is 59.3 cm³/mol. The van der Waals surface area contributed by atoms with E-state index in [1.54, 1.807) is 0 Å². The third-order valence-electron chi connectivity index (χ3n) is 2.44. The van der Waals surface area contributed by atoms with Crippen molar-refractivity contribution >= 4 is 0 Å². The van der Waals surface area contributed by atoms with Gasteiger partial charge >= 0.3 is 0 Å². The van der Waals surface area contributed by atoms with E-state index in [1.807, 2.05) is 13.0 Å². The average Bonchev–Trinajstić information content (AvgIpc) is 2.16. The minimum absolute atomic E-state index is 0.402. The second-order valence-corrected chi connectivity index (χ2v) is 3.63. The molecule has 0 bridgehead atoms. The number of unbranched alkanes of at least 4 members (excludes halogenated alkanes) is 2. The van der Waals surface area contributed by atoms with Gasteiger partial charge in [0.15, 0.2) is 0 Å². The summed E-state index contributed by atoms with van der Waals surface area (Å²) in [7, 11) is 0. The smallest absolute Gasteiger partial charge is 0.00371 e. The van der Waals surface area contributed by atoms with Crippen molar-refractivity contribution in [1.29, 1.82) is 0 Å². The van der Waals surface area contributed by atoms with E-state index in [9.17, 15) is 0 Å². The van der Waals surface area contributed by atoms with Crippen molar-refractivity contribution in [1.82, 2.24) is 0 Å². The van der Waals surface area contributed by atoms with Gasteiger partial charge in [-0.2, -0.15) is 0 Å². The van der Waals surface area contributed by atoms with Crippen LogP contribution in [0, 0.1) is 0 Å². The maximum Gasteiger partial charge on any atom is 0.00371 e. The summed E-state index contributed by atoms with van der Waals surface area (Å²) < 4.78 is 0. The van der Waals surface area contributed by atoms with Crippen LogP contribution in [0.25, 0.3) is 0 Å². The molecule has 2 heteroatoms. The van der Waals surface area contributed by atoms with Gasteiger partial charge < -0.3 is 11.5 Å². The maximum absolute atomic E-state index is 5.81. The van der Waals surface area contributed by atoms with Crippen molar-refractivity contribution in [2.24, 2.45) is 11.5 Å². The Bertz CT molecular complexity index is 141. The summed E-state index contributed by atoms with van der Waals surface area (Å²) in [6.45, 7) is 4.13. The highest BCUT2D eigenvalue weighted by molar-refractivity contribution is 4.92. The third kappa shape index (κ3) is 7.85. The van der Waals surface area contributed by atoms with Crippen LogP contribution in [0.4, 0.5) is 0 Å². The van der Waals surface area contributed by atoms with Crippen LogP contribution in [0.1, 0.15) is 52.4 Å². The normalized spacial score (nSPS) is 14.5. The van der Waals surface area contributed by atoms with Crippen LogP contribution in [0.2, 0.25) is 0 Å². The highest BCUT2D eigenvalue weighted by atomic mass is 14.6. The molecule has 0 amide bonds. The average molecular weight is 184 g/mol. The van der Waals surface area contributed by atoms with Gasteiger partial charge in [0.25, 0.3) is 0 Å². The highest BCUT2D eigenvalue weighted by Crippen LogP contribution is 2.08. The summed E-state index contributed by atoms with van der Waals surface area (Å²) in [5.41, 5.74) is 12.5. The SMILES string of the molecule is C/C=C(/N)CCCCCC(N)CC. The van der Waals surface area contributed by atoms with Crippen LogP contribution in [0.15, 0.2) is 11.8 Å². The first-order valence-corrected chi connectivity index (χ1v) is 5.37. The molecule has 2 nitrogen and oxygen atoms in total. The van der Waals surface area contributed by atoms with Crippen LogP contribution >= 0.6 is 0 Å². The molecule has 0 saturated heterocycles. The highest BCUT2D eigenvalue weighted by Gasteiger charge is 1.98. The molecule has 1 unspecified atom stereocenters. The number of rotatable bonds is 7.